The minimum Gasteiger partial charge on any atom is -0.308 e. The van der Waals surface area contributed by atoms with E-state index in [1.54, 1.807) is 45.5 Å². The molecule has 0 N–H and O–H groups in total. The van der Waals surface area contributed by atoms with E-state index in [0.29, 0.717) is 44.6 Å². The van der Waals surface area contributed by atoms with Crippen molar-refractivity contribution in [2.24, 2.45) is 0 Å². The Bertz CT molecular complexity index is 5900. The molecule has 16 aromatic rings. The van der Waals surface area contributed by atoms with Gasteiger partial charge in [-0.2, -0.15) is 44.8 Å². The summed E-state index contributed by atoms with van der Waals surface area (Å²) in [5.41, 5.74) is 5.13. The molecule has 12 aromatic carbocycles. The van der Waals surface area contributed by atoms with Crippen molar-refractivity contribution in [2.45, 2.75) is 46.2 Å². The predicted octanol–water partition coefficient (Wildman–Crippen LogP) is 24.4. The van der Waals surface area contributed by atoms with Gasteiger partial charge in [-0.25, -0.2) is 9.69 Å². The minimum atomic E-state index is -4.94. The number of alkyl halides is 9. The zero-order valence-electron chi connectivity index (χ0n) is 52.5. The molecule has 0 atom stereocenters. The molecule has 4 aromatic heterocycles. The summed E-state index contributed by atoms with van der Waals surface area (Å²) in [5, 5.41) is 17.1. The van der Waals surface area contributed by atoms with E-state index in [1.165, 1.54) is 18.2 Å². The fraction of sp³-hybridized carbons (Fsp3) is 0.0854. The highest BCUT2D eigenvalue weighted by molar-refractivity contribution is 6.16. The molecule has 4 heterocycles. The second-order valence-corrected chi connectivity index (χ2v) is 24.3. The van der Waals surface area contributed by atoms with Gasteiger partial charge in [-0.1, -0.05) is 182 Å². The van der Waals surface area contributed by atoms with Crippen molar-refractivity contribution >= 4 is 98.6 Å². The molecule has 16 heteroatoms. The average molecular weight is 1300 g/mol. The predicted molar refractivity (Wildman–Crippen MR) is 372 cm³/mol. The second kappa shape index (κ2) is 23.0. The van der Waals surface area contributed by atoms with Gasteiger partial charge in [0, 0.05) is 65.3 Å². The Hall–Kier alpha value is -12.3. The summed E-state index contributed by atoms with van der Waals surface area (Å²) < 4.78 is 143. The zero-order chi connectivity index (χ0) is 68.4. The van der Waals surface area contributed by atoms with E-state index in [-0.39, 0.29) is 45.0 Å². The normalized spacial score (nSPS) is 12.1. The Kier molecular flexibility index (Phi) is 14.5. The van der Waals surface area contributed by atoms with Crippen LogP contribution in [0.1, 0.15) is 44.5 Å². The molecular weight excluding hydrogens is 1250 g/mol. The van der Waals surface area contributed by atoms with Gasteiger partial charge in [-0.15, -0.1) is 0 Å². The number of benzene rings is 12. The van der Waals surface area contributed by atoms with Crippen LogP contribution < -0.4 is 0 Å². The number of para-hydroxylation sites is 8. The molecule has 0 saturated heterocycles. The SMILES string of the molecule is [C-]#[N+]c1cccc(C(F)(F)F)c1-c1c(-n2c3ccccc3c3cccc(C)c32)cc(C#N)cc1-n1c2ccccc2c2cccc(C)c21.[C-]#[N+]c1cccc(C(F)(F)F)c1-c1c(-n2c3ccccc3c3cccc(C)c32)cc(C(F)(F)F)cc1-n1c2ccccc2c2cccc(C)c21. The van der Waals surface area contributed by atoms with Crippen molar-refractivity contribution in [3.8, 4) is 51.1 Å². The lowest BCUT2D eigenvalue weighted by Gasteiger charge is -2.25. The molecule has 0 saturated carbocycles. The number of fused-ring (bicyclic) bond motifs is 12. The van der Waals surface area contributed by atoms with Gasteiger partial charge in [0.1, 0.15) is 0 Å². The molecule has 98 heavy (non-hydrogen) atoms. The number of hydrogen-bond acceptors (Lipinski definition) is 1. The average Bonchev–Trinajstić information content (AvgIpc) is 1.44. The van der Waals surface area contributed by atoms with Crippen molar-refractivity contribution < 1.29 is 39.5 Å². The fourth-order valence-electron chi connectivity index (χ4n) is 14.7. The summed E-state index contributed by atoms with van der Waals surface area (Å²) in [6.45, 7) is 23.7. The number of nitriles is 1. The molecule has 0 bridgehead atoms. The molecule has 0 radical (unpaired) electrons. The van der Waals surface area contributed by atoms with Gasteiger partial charge in [0.2, 0.25) is 0 Å². The number of nitrogens with zero attached hydrogens (tertiary/aromatic N) is 7. The van der Waals surface area contributed by atoms with Crippen molar-refractivity contribution in [1.82, 2.24) is 18.3 Å². The smallest absolute Gasteiger partial charge is 0.308 e. The maximum Gasteiger partial charge on any atom is 0.416 e. The number of aryl methyl sites for hydroxylation is 4. The van der Waals surface area contributed by atoms with Crippen molar-refractivity contribution in [3.63, 3.8) is 0 Å². The molecule has 0 amide bonds. The van der Waals surface area contributed by atoms with Crippen LogP contribution in [0.25, 0.3) is 142 Å². The third-order valence-electron chi connectivity index (χ3n) is 18.6. The molecule has 0 aliphatic carbocycles. The lowest BCUT2D eigenvalue weighted by atomic mass is 9.92. The van der Waals surface area contributed by atoms with E-state index in [9.17, 15) is 5.26 Å². The Labute approximate surface area is 554 Å². The number of rotatable bonds is 6. The Morgan fingerprint density at radius 2 is 0.582 bits per heavy atom. The van der Waals surface area contributed by atoms with Gasteiger partial charge in [0.05, 0.1) is 108 Å². The van der Waals surface area contributed by atoms with Crippen LogP contribution in [0.15, 0.2) is 231 Å². The lowest BCUT2D eigenvalue weighted by molar-refractivity contribution is -0.138. The van der Waals surface area contributed by atoms with Crippen LogP contribution >= 0.6 is 0 Å². The van der Waals surface area contributed by atoms with Crippen LogP contribution in [0.2, 0.25) is 0 Å². The summed E-state index contributed by atoms with van der Waals surface area (Å²) in [5.74, 6) is 0. The molecule has 0 spiro atoms. The van der Waals surface area contributed by atoms with E-state index in [1.807, 2.05) is 182 Å². The fourth-order valence-corrected chi connectivity index (χ4v) is 14.7. The lowest BCUT2D eigenvalue weighted by Crippen LogP contribution is -2.14. The van der Waals surface area contributed by atoms with E-state index < -0.39 is 40.8 Å². The molecule has 0 aliphatic heterocycles. The third-order valence-corrected chi connectivity index (χ3v) is 18.6. The zero-order valence-corrected chi connectivity index (χ0v) is 52.5. The first-order valence-corrected chi connectivity index (χ1v) is 31.1. The molecule has 476 valence electrons. The summed E-state index contributed by atoms with van der Waals surface area (Å²) in [4.78, 5) is 7.19. The Morgan fingerprint density at radius 1 is 0.316 bits per heavy atom. The van der Waals surface area contributed by atoms with Gasteiger partial charge < -0.3 is 18.3 Å². The van der Waals surface area contributed by atoms with E-state index in [4.69, 9.17) is 13.1 Å². The first-order chi connectivity index (χ1) is 47.1. The van der Waals surface area contributed by atoms with Gasteiger partial charge >= 0.3 is 18.5 Å². The summed E-state index contributed by atoms with van der Waals surface area (Å²) >= 11 is 0. The van der Waals surface area contributed by atoms with Crippen molar-refractivity contribution in [2.75, 3.05) is 0 Å². The highest BCUT2D eigenvalue weighted by Gasteiger charge is 2.41. The van der Waals surface area contributed by atoms with E-state index in [0.717, 1.165) is 107 Å². The Morgan fingerprint density at radius 3 is 0.847 bits per heavy atom. The van der Waals surface area contributed by atoms with Crippen LogP contribution in [0.3, 0.4) is 0 Å². The maximum absolute atomic E-state index is 15.1. The van der Waals surface area contributed by atoms with Crippen LogP contribution in [0.5, 0.6) is 0 Å². The van der Waals surface area contributed by atoms with Crippen molar-refractivity contribution in [3.05, 3.63) is 298 Å². The first kappa shape index (κ1) is 61.8. The molecule has 0 aliphatic rings. The molecule has 0 unspecified atom stereocenters. The van der Waals surface area contributed by atoms with Gasteiger partial charge in [-0.05, 0) is 98.5 Å². The van der Waals surface area contributed by atoms with Gasteiger partial charge in [0.25, 0.3) is 0 Å². The van der Waals surface area contributed by atoms with Crippen LogP contribution in [-0.4, -0.2) is 18.3 Å². The largest absolute Gasteiger partial charge is 0.416 e. The number of aromatic nitrogens is 4. The van der Waals surface area contributed by atoms with Crippen LogP contribution in [0, 0.1) is 52.2 Å². The number of hydrogen-bond donors (Lipinski definition) is 0. The quantitative estimate of drug-likeness (QED) is 0.121. The van der Waals surface area contributed by atoms with Crippen LogP contribution in [-0.2, 0) is 18.5 Å². The molecule has 7 nitrogen and oxygen atoms in total. The van der Waals surface area contributed by atoms with E-state index >= 15 is 39.5 Å². The molecule has 0 fully saturated rings. The topological polar surface area (TPSA) is 52.2 Å². The summed E-state index contributed by atoms with van der Waals surface area (Å²) in [6, 6.07) is 67.1. The molecular formula is C82H50F9N7. The summed E-state index contributed by atoms with van der Waals surface area (Å²) in [7, 11) is 0. The highest BCUT2D eigenvalue weighted by atomic mass is 19.4. The van der Waals surface area contributed by atoms with Gasteiger partial charge in [-0.3, -0.25) is 0 Å². The maximum atomic E-state index is 15.1. The van der Waals surface area contributed by atoms with Crippen LogP contribution in [0.4, 0.5) is 50.9 Å². The Balaban J connectivity index is 0.000000160. The first-order valence-electron chi connectivity index (χ1n) is 31.1. The second-order valence-electron chi connectivity index (χ2n) is 24.3. The number of halogens is 9. The highest BCUT2D eigenvalue weighted by Crippen LogP contribution is 2.54. The standard InChI is InChI=1S/C41H25F6N3.C41H25F3N4/c1-23-11-8-15-28-26-13-4-6-19-32(26)49(38(23)28)34-21-25(40(42,43)44)22-35(37(34)36-30(41(45,46)47)17-10-18-31(36)48-3)50-33-20-7-5-14-27(33)29-16-9-12-24(2)39(29)50;1-24-11-8-15-29-27-13-4-6-19-33(27)47(39(24)29)35-21-26(23-45)22-36(38(35)37-31(41(42,43)44)17-10-18-32(37)46-3)48-34-20-7-5-14-28(34)30-16-9-12-25(2)40(30)48/h4-22H,1-2H3;4-22H,1-2H3. The molecule has 16 rings (SSSR count). The minimum absolute atomic E-state index is 0.128. The van der Waals surface area contributed by atoms with Crippen molar-refractivity contribution in [1.29, 1.82) is 5.26 Å². The van der Waals surface area contributed by atoms with E-state index in [2.05, 4.69) is 15.8 Å². The third kappa shape index (κ3) is 9.63. The summed E-state index contributed by atoms with van der Waals surface area (Å²) in [6.07, 6.45) is -14.6. The monoisotopic (exact) mass is 1300 g/mol. The van der Waals surface area contributed by atoms with Gasteiger partial charge in [0.15, 0.2) is 11.4 Å².